The van der Waals surface area contributed by atoms with Gasteiger partial charge in [0.05, 0.1) is 27.9 Å². The van der Waals surface area contributed by atoms with E-state index in [9.17, 15) is 14.4 Å². The second-order valence-corrected chi connectivity index (χ2v) is 7.94. The third kappa shape index (κ3) is 4.21. The smallest absolute Gasteiger partial charge is 0.339 e. The SMILES string of the molecule is Cc1ccc(-c2cc(C(=O)OCC(=O)Nc3sccc3C(N)=O)c3c(C)noc3n2)cc1. The lowest BCUT2D eigenvalue weighted by Gasteiger charge is -2.08. The van der Waals surface area contributed by atoms with Gasteiger partial charge in [0, 0.05) is 5.56 Å². The lowest BCUT2D eigenvalue weighted by molar-refractivity contribution is -0.119. The number of nitrogens with two attached hydrogens (primary N) is 1. The predicted octanol–water partition coefficient (Wildman–Crippen LogP) is 3.46. The first kappa shape index (κ1) is 21.2. The number of primary amides is 1. The van der Waals surface area contributed by atoms with Gasteiger partial charge in [-0.05, 0) is 31.4 Å². The van der Waals surface area contributed by atoms with Crippen molar-refractivity contribution in [3.8, 4) is 11.3 Å². The van der Waals surface area contributed by atoms with Crippen molar-refractivity contribution >= 4 is 45.2 Å². The molecule has 0 fully saturated rings. The number of esters is 1. The molecule has 0 radical (unpaired) electrons. The van der Waals surface area contributed by atoms with Gasteiger partial charge in [0.1, 0.15) is 5.00 Å². The number of anilines is 1. The number of hydrogen-bond acceptors (Lipinski definition) is 8. The molecule has 0 saturated heterocycles. The second-order valence-electron chi connectivity index (χ2n) is 7.02. The summed E-state index contributed by atoms with van der Waals surface area (Å²) in [7, 11) is 0. The molecule has 0 spiro atoms. The van der Waals surface area contributed by atoms with Crippen LogP contribution < -0.4 is 11.1 Å². The first-order valence-electron chi connectivity index (χ1n) is 9.52. The van der Waals surface area contributed by atoms with Crippen LogP contribution in [-0.2, 0) is 9.53 Å². The first-order chi connectivity index (χ1) is 15.3. The number of pyridine rings is 1. The topological polar surface area (TPSA) is 137 Å². The van der Waals surface area contributed by atoms with E-state index >= 15 is 0 Å². The first-order valence-corrected chi connectivity index (χ1v) is 10.4. The maximum absolute atomic E-state index is 12.9. The second kappa shape index (κ2) is 8.60. The Hall–Kier alpha value is -4.05. The summed E-state index contributed by atoms with van der Waals surface area (Å²) in [4.78, 5) is 40.9. The molecule has 4 aromatic rings. The highest BCUT2D eigenvalue weighted by Crippen LogP contribution is 2.28. The van der Waals surface area contributed by atoms with Crippen LogP contribution in [0.5, 0.6) is 0 Å². The minimum atomic E-state index is -0.728. The number of ether oxygens (including phenoxy) is 1. The van der Waals surface area contributed by atoms with Gasteiger partial charge in [0.25, 0.3) is 17.5 Å². The summed E-state index contributed by atoms with van der Waals surface area (Å²) >= 11 is 1.14. The van der Waals surface area contributed by atoms with E-state index in [1.807, 2.05) is 31.2 Å². The zero-order valence-electron chi connectivity index (χ0n) is 17.2. The van der Waals surface area contributed by atoms with Gasteiger partial charge in [0.2, 0.25) is 0 Å². The molecule has 9 nitrogen and oxygen atoms in total. The fraction of sp³-hybridized carbons (Fsp3) is 0.136. The predicted molar refractivity (Wildman–Crippen MR) is 118 cm³/mol. The summed E-state index contributed by atoms with van der Waals surface area (Å²) in [6.45, 7) is 3.10. The number of thiophene rings is 1. The van der Waals surface area contributed by atoms with Crippen LogP contribution in [0.25, 0.3) is 22.4 Å². The Labute approximate surface area is 186 Å². The molecule has 0 aliphatic carbocycles. The molecule has 0 unspecified atom stereocenters. The summed E-state index contributed by atoms with van der Waals surface area (Å²) in [5.41, 5.74) is 8.70. The number of aryl methyl sites for hydroxylation is 2. The molecule has 1 aromatic carbocycles. The molecule has 0 saturated carbocycles. The van der Waals surface area contributed by atoms with Crippen molar-refractivity contribution in [2.24, 2.45) is 5.73 Å². The van der Waals surface area contributed by atoms with Crippen molar-refractivity contribution in [2.45, 2.75) is 13.8 Å². The van der Waals surface area contributed by atoms with Crippen LogP contribution >= 0.6 is 11.3 Å². The number of carbonyl (C=O) groups excluding carboxylic acids is 3. The molecular formula is C22H18N4O5S. The van der Waals surface area contributed by atoms with E-state index in [0.717, 1.165) is 22.5 Å². The molecule has 0 aliphatic rings. The minimum absolute atomic E-state index is 0.186. The molecule has 0 aliphatic heterocycles. The van der Waals surface area contributed by atoms with Crippen molar-refractivity contribution in [3.05, 3.63) is 64.2 Å². The number of aromatic nitrogens is 2. The Bertz CT molecular complexity index is 1340. The summed E-state index contributed by atoms with van der Waals surface area (Å²) in [5, 5.41) is 8.75. The molecule has 32 heavy (non-hydrogen) atoms. The average Bonchev–Trinajstić information content (AvgIpc) is 3.38. The van der Waals surface area contributed by atoms with E-state index < -0.39 is 24.4 Å². The average molecular weight is 450 g/mol. The molecule has 3 aromatic heterocycles. The molecule has 3 N–H and O–H groups in total. The highest BCUT2D eigenvalue weighted by Gasteiger charge is 2.22. The monoisotopic (exact) mass is 450 g/mol. The number of amides is 2. The highest BCUT2D eigenvalue weighted by atomic mass is 32.1. The maximum Gasteiger partial charge on any atom is 0.339 e. The fourth-order valence-corrected chi connectivity index (χ4v) is 3.91. The molecule has 162 valence electrons. The van der Waals surface area contributed by atoms with Gasteiger partial charge in [-0.25, -0.2) is 9.78 Å². The van der Waals surface area contributed by atoms with Crippen LogP contribution in [0, 0.1) is 13.8 Å². The standard InChI is InChI=1S/C22H18N4O5S/c1-11-3-5-13(6-4-11)16-9-15(18-12(2)26-31-20(18)24-16)22(29)30-10-17(27)25-21-14(19(23)28)7-8-32-21/h3-9H,10H2,1-2H3,(H2,23,28)(H,25,27). The third-order valence-corrected chi connectivity index (χ3v) is 5.53. The number of nitrogens with zero attached hydrogens (tertiary/aromatic N) is 2. The van der Waals surface area contributed by atoms with Crippen LogP contribution in [0.2, 0.25) is 0 Å². The molecule has 10 heteroatoms. The van der Waals surface area contributed by atoms with Gasteiger partial charge in [-0.2, -0.15) is 0 Å². The van der Waals surface area contributed by atoms with Crippen molar-refractivity contribution in [2.75, 3.05) is 11.9 Å². The molecule has 0 atom stereocenters. The Morgan fingerprint density at radius 1 is 1.12 bits per heavy atom. The van der Waals surface area contributed by atoms with Crippen LogP contribution in [0.4, 0.5) is 5.00 Å². The largest absolute Gasteiger partial charge is 0.452 e. The number of nitrogens with one attached hydrogen (secondary N) is 1. The van der Waals surface area contributed by atoms with Gasteiger partial charge in [-0.15, -0.1) is 11.3 Å². The Morgan fingerprint density at radius 2 is 1.88 bits per heavy atom. The lowest BCUT2D eigenvalue weighted by atomic mass is 10.0. The Balaban J connectivity index is 1.56. The van der Waals surface area contributed by atoms with Crippen LogP contribution in [0.3, 0.4) is 0 Å². The van der Waals surface area contributed by atoms with Gasteiger partial charge in [-0.3, -0.25) is 9.59 Å². The molecular weight excluding hydrogens is 432 g/mol. The number of carbonyl (C=O) groups is 3. The molecule has 0 bridgehead atoms. The molecule has 3 heterocycles. The normalized spacial score (nSPS) is 10.8. The number of hydrogen-bond donors (Lipinski definition) is 2. The van der Waals surface area contributed by atoms with Crippen LogP contribution in [-0.4, -0.2) is 34.5 Å². The summed E-state index contributed by atoms with van der Waals surface area (Å²) < 4.78 is 10.5. The van der Waals surface area contributed by atoms with Gasteiger partial charge in [-0.1, -0.05) is 35.0 Å². The fourth-order valence-electron chi connectivity index (χ4n) is 3.10. The molecule has 2 amide bonds. The van der Waals surface area contributed by atoms with Gasteiger partial charge < -0.3 is 20.3 Å². The van der Waals surface area contributed by atoms with E-state index in [1.165, 1.54) is 6.07 Å². The van der Waals surface area contributed by atoms with E-state index in [4.69, 9.17) is 15.0 Å². The van der Waals surface area contributed by atoms with Crippen molar-refractivity contribution in [1.82, 2.24) is 10.1 Å². The van der Waals surface area contributed by atoms with Crippen molar-refractivity contribution in [1.29, 1.82) is 0 Å². The number of rotatable bonds is 6. The van der Waals surface area contributed by atoms with Gasteiger partial charge >= 0.3 is 5.97 Å². The zero-order valence-corrected chi connectivity index (χ0v) is 18.0. The van der Waals surface area contributed by atoms with E-state index in [2.05, 4.69) is 15.5 Å². The summed E-state index contributed by atoms with van der Waals surface area (Å²) in [5.74, 6) is -1.99. The van der Waals surface area contributed by atoms with Crippen LogP contribution in [0.15, 0.2) is 46.3 Å². The highest BCUT2D eigenvalue weighted by molar-refractivity contribution is 7.14. The number of fused-ring (bicyclic) bond motifs is 1. The summed E-state index contributed by atoms with van der Waals surface area (Å²) in [6.07, 6.45) is 0. The van der Waals surface area contributed by atoms with Crippen molar-refractivity contribution in [3.63, 3.8) is 0 Å². The Morgan fingerprint density at radius 3 is 2.59 bits per heavy atom. The zero-order chi connectivity index (χ0) is 22.8. The minimum Gasteiger partial charge on any atom is -0.452 e. The van der Waals surface area contributed by atoms with E-state index in [-0.39, 0.29) is 16.8 Å². The van der Waals surface area contributed by atoms with Crippen LogP contribution in [0.1, 0.15) is 32.0 Å². The van der Waals surface area contributed by atoms with E-state index in [1.54, 1.807) is 18.4 Å². The quantitative estimate of drug-likeness (QED) is 0.429. The maximum atomic E-state index is 12.9. The summed E-state index contributed by atoms with van der Waals surface area (Å²) in [6, 6.07) is 10.7. The van der Waals surface area contributed by atoms with Gasteiger partial charge in [0.15, 0.2) is 6.61 Å². The third-order valence-electron chi connectivity index (χ3n) is 4.70. The number of benzene rings is 1. The van der Waals surface area contributed by atoms with Crippen molar-refractivity contribution < 1.29 is 23.6 Å². The van der Waals surface area contributed by atoms with E-state index in [0.29, 0.717) is 21.8 Å². The molecule has 4 rings (SSSR count). The lowest BCUT2D eigenvalue weighted by Crippen LogP contribution is -2.22. The Kier molecular flexibility index (Phi) is 5.69.